The van der Waals surface area contributed by atoms with Crippen molar-refractivity contribution in [3.05, 3.63) is 36.0 Å². The van der Waals surface area contributed by atoms with E-state index in [-0.39, 0.29) is 6.09 Å². The summed E-state index contributed by atoms with van der Waals surface area (Å²) >= 11 is 0. The minimum atomic E-state index is -4.38. The second kappa shape index (κ2) is 8.28. The highest BCUT2D eigenvalue weighted by Gasteiger charge is 2.30. The van der Waals surface area contributed by atoms with E-state index < -0.39 is 11.7 Å². The first kappa shape index (κ1) is 19.6. The largest absolute Gasteiger partial charge is 0.450 e. The highest BCUT2D eigenvalue weighted by molar-refractivity contribution is 5.68. The van der Waals surface area contributed by atoms with Crippen LogP contribution in [0.15, 0.2) is 30.5 Å². The Morgan fingerprint density at radius 1 is 1.18 bits per heavy atom. The van der Waals surface area contributed by atoms with Gasteiger partial charge in [0.25, 0.3) is 0 Å². The van der Waals surface area contributed by atoms with E-state index in [2.05, 4.69) is 20.5 Å². The molecule has 150 valence electrons. The molecule has 1 aromatic carbocycles. The van der Waals surface area contributed by atoms with Crippen molar-refractivity contribution in [1.29, 1.82) is 0 Å². The lowest BCUT2D eigenvalue weighted by Gasteiger charge is -2.33. The highest BCUT2D eigenvalue weighted by atomic mass is 19.4. The fraction of sp³-hybridized carbons (Fsp3) is 0.412. The van der Waals surface area contributed by atoms with Gasteiger partial charge in [-0.2, -0.15) is 23.3 Å². The molecule has 1 amide bonds. The first-order valence-electron chi connectivity index (χ1n) is 8.67. The molecular weight excluding hydrogens is 377 g/mol. The lowest BCUT2D eigenvalue weighted by Crippen LogP contribution is -2.49. The van der Waals surface area contributed by atoms with E-state index in [0.29, 0.717) is 50.2 Å². The Morgan fingerprint density at radius 2 is 1.86 bits per heavy atom. The van der Waals surface area contributed by atoms with Gasteiger partial charge in [0.1, 0.15) is 0 Å². The molecule has 8 nitrogen and oxygen atoms in total. The number of piperazine rings is 1. The van der Waals surface area contributed by atoms with Crippen LogP contribution in [-0.4, -0.2) is 59.0 Å². The molecule has 1 N–H and O–H groups in total. The molecule has 0 spiro atoms. The molecule has 0 atom stereocenters. The Balaban J connectivity index is 1.62. The number of carbonyl (C=O) groups is 1. The molecule has 28 heavy (non-hydrogen) atoms. The van der Waals surface area contributed by atoms with Crippen LogP contribution in [0.2, 0.25) is 0 Å². The van der Waals surface area contributed by atoms with Gasteiger partial charge < -0.3 is 19.9 Å². The molecule has 11 heteroatoms. The van der Waals surface area contributed by atoms with Crippen molar-refractivity contribution in [2.75, 3.05) is 43.0 Å². The van der Waals surface area contributed by atoms with Crippen LogP contribution in [0, 0.1) is 0 Å². The van der Waals surface area contributed by atoms with Gasteiger partial charge in [-0.1, -0.05) is 0 Å². The fourth-order valence-corrected chi connectivity index (χ4v) is 2.68. The van der Waals surface area contributed by atoms with Crippen molar-refractivity contribution >= 4 is 23.5 Å². The monoisotopic (exact) mass is 396 g/mol. The minimum Gasteiger partial charge on any atom is -0.450 e. The van der Waals surface area contributed by atoms with Crippen molar-refractivity contribution in [3.8, 4) is 0 Å². The van der Waals surface area contributed by atoms with E-state index in [9.17, 15) is 18.0 Å². The molecule has 0 radical (unpaired) electrons. The van der Waals surface area contributed by atoms with Gasteiger partial charge in [0, 0.05) is 31.9 Å². The standard InChI is InChI=1S/C17H19F3N6O2/c1-2-28-16(27)26-9-7-25(8-10-26)15-23-14(11-21-24-15)22-13-5-3-12(4-6-13)17(18,19)20/h3-6,11H,2,7-10H2,1H3,(H,22,23,24). The molecule has 3 rings (SSSR count). The zero-order valence-electron chi connectivity index (χ0n) is 15.1. The van der Waals surface area contributed by atoms with Crippen LogP contribution in [0.5, 0.6) is 0 Å². The van der Waals surface area contributed by atoms with Gasteiger partial charge in [-0.25, -0.2) is 4.79 Å². The van der Waals surface area contributed by atoms with E-state index in [1.807, 2.05) is 4.90 Å². The predicted octanol–water partition coefficient (Wildman–Crippen LogP) is 2.91. The van der Waals surface area contributed by atoms with Crippen LogP contribution >= 0.6 is 0 Å². The van der Waals surface area contributed by atoms with Crippen LogP contribution in [0.25, 0.3) is 0 Å². The van der Waals surface area contributed by atoms with Crippen molar-refractivity contribution in [1.82, 2.24) is 20.1 Å². The summed E-state index contributed by atoms with van der Waals surface area (Å²) in [4.78, 5) is 19.6. The maximum Gasteiger partial charge on any atom is 0.416 e. The van der Waals surface area contributed by atoms with E-state index >= 15 is 0 Å². The number of aromatic nitrogens is 3. The summed E-state index contributed by atoms with van der Waals surface area (Å²) < 4.78 is 42.9. The molecule has 1 aliphatic rings. The quantitative estimate of drug-likeness (QED) is 0.851. The van der Waals surface area contributed by atoms with Gasteiger partial charge in [0.2, 0.25) is 5.95 Å². The Bertz CT molecular complexity index is 807. The first-order valence-corrected chi connectivity index (χ1v) is 8.67. The maximum absolute atomic E-state index is 12.6. The SMILES string of the molecule is CCOC(=O)N1CCN(c2nncc(Nc3ccc(C(F)(F)F)cc3)n2)CC1. The van der Waals surface area contributed by atoms with Crippen molar-refractivity contribution in [2.24, 2.45) is 0 Å². The number of carbonyl (C=O) groups excluding carboxylic acids is 1. The van der Waals surface area contributed by atoms with Gasteiger partial charge in [0.05, 0.1) is 18.4 Å². The van der Waals surface area contributed by atoms with Crippen molar-refractivity contribution in [3.63, 3.8) is 0 Å². The number of rotatable bonds is 4. The summed E-state index contributed by atoms with van der Waals surface area (Å²) in [7, 11) is 0. The number of hydrogen-bond donors (Lipinski definition) is 1. The third-order valence-electron chi connectivity index (χ3n) is 4.12. The third-order valence-corrected chi connectivity index (χ3v) is 4.12. The van der Waals surface area contributed by atoms with Gasteiger partial charge in [0.15, 0.2) is 5.82 Å². The first-order chi connectivity index (χ1) is 13.4. The fourth-order valence-electron chi connectivity index (χ4n) is 2.68. The van der Waals surface area contributed by atoms with E-state index in [4.69, 9.17) is 4.74 Å². The summed E-state index contributed by atoms with van der Waals surface area (Å²) in [5.41, 5.74) is -0.273. The Hall–Kier alpha value is -3.11. The Kier molecular flexibility index (Phi) is 5.81. The van der Waals surface area contributed by atoms with Crippen LogP contribution in [0.4, 0.5) is 35.4 Å². The molecule has 0 aliphatic carbocycles. The van der Waals surface area contributed by atoms with Crippen molar-refractivity contribution < 1.29 is 22.7 Å². The smallest absolute Gasteiger partial charge is 0.416 e. The molecule has 1 fully saturated rings. The van der Waals surface area contributed by atoms with Gasteiger partial charge in [-0.05, 0) is 31.2 Å². The zero-order valence-corrected chi connectivity index (χ0v) is 15.1. The molecule has 1 aromatic heterocycles. The lowest BCUT2D eigenvalue weighted by atomic mass is 10.2. The summed E-state index contributed by atoms with van der Waals surface area (Å²) in [5, 5.41) is 10.8. The van der Waals surface area contributed by atoms with Gasteiger partial charge >= 0.3 is 12.3 Å². The normalized spacial score (nSPS) is 14.7. The highest BCUT2D eigenvalue weighted by Crippen LogP contribution is 2.30. The molecule has 1 saturated heterocycles. The number of benzene rings is 1. The van der Waals surface area contributed by atoms with E-state index in [0.717, 1.165) is 12.1 Å². The average molecular weight is 396 g/mol. The summed E-state index contributed by atoms with van der Waals surface area (Å²) in [6.45, 7) is 4.05. The maximum atomic E-state index is 12.6. The number of halogens is 3. The number of nitrogens with one attached hydrogen (secondary N) is 1. The Labute approximate surface area is 159 Å². The number of alkyl halides is 3. The summed E-state index contributed by atoms with van der Waals surface area (Å²) in [6.07, 6.45) is -3.34. The van der Waals surface area contributed by atoms with E-state index in [1.165, 1.54) is 18.3 Å². The van der Waals surface area contributed by atoms with Crippen LogP contribution in [-0.2, 0) is 10.9 Å². The number of nitrogens with zero attached hydrogens (tertiary/aromatic N) is 5. The number of ether oxygens (including phenoxy) is 1. The molecule has 0 saturated carbocycles. The van der Waals surface area contributed by atoms with Crippen LogP contribution < -0.4 is 10.2 Å². The number of hydrogen-bond acceptors (Lipinski definition) is 7. The molecule has 2 aromatic rings. The minimum absolute atomic E-state index is 0.323. The summed E-state index contributed by atoms with van der Waals surface area (Å²) in [6, 6.07) is 4.63. The molecule has 2 heterocycles. The average Bonchev–Trinajstić information content (AvgIpc) is 2.68. The predicted molar refractivity (Wildman–Crippen MR) is 95.4 cm³/mol. The molecule has 0 unspecified atom stereocenters. The second-order valence-corrected chi connectivity index (χ2v) is 6.01. The van der Waals surface area contributed by atoms with Gasteiger partial charge in [-0.15, -0.1) is 5.10 Å². The molecule has 0 bridgehead atoms. The lowest BCUT2D eigenvalue weighted by molar-refractivity contribution is -0.137. The molecule has 1 aliphatic heterocycles. The van der Waals surface area contributed by atoms with Crippen molar-refractivity contribution in [2.45, 2.75) is 13.1 Å². The van der Waals surface area contributed by atoms with Crippen LogP contribution in [0.3, 0.4) is 0 Å². The third kappa shape index (κ3) is 4.78. The van der Waals surface area contributed by atoms with Gasteiger partial charge in [-0.3, -0.25) is 0 Å². The zero-order chi connectivity index (χ0) is 20.1. The van der Waals surface area contributed by atoms with E-state index in [1.54, 1.807) is 11.8 Å². The number of amides is 1. The Morgan fingerprint density at radius 3 is 2.46 bits per heavy atom. The number of anilines is 3. The topological polar surface area (TPSA) is 83.5 Å². The molecular formula is C17H19F3N6O2. The second-order valence-electron chi connectivity index (χ2n) is 6.01. The van der Waals surface area contributed by atoms with Crippen LogP contribution in [0.1, 0.15) is 12.5 Å². The summed E-state index contributed by atoms with van der Waals surface area (Å²) in [5.74, 6) is 0.734.